The van der Waals surface area contributed by atoms with Crippen molar-refractivity contribution in [2.24, 2.45) is 0 Å². The number of para-hydroxylation sites is 1. The Morgan fingerprint density at radius 2 is 1.51 bits per heavy atom. The van der Waals surface area contributed by atoms with Crippen molar-refractivity contribution in [3.63, 3.8) is 0 Å². The molecule has 0 fully saturated rings. The van der Waals surface area contributed by atoms with Crippen molar-refractivity contribution in [2.45, 2.75) is 52.2 Å². The highest BCUT2D eigenvalue weighted by Gasteiger charge is 2.33. The summed E-state index contributed by atoms with van der Waals surface area (Å²) < 4.78 is 26.2. The molecule has 0 bridgehead atoms. The molecule has 11 heteroatoms. The van der Waals surface area contributed by atoms with E-state index >= 15 is 0 Å². The van der Waals surface area contributed by atoms with Crippen LogP contribution in [0.3, 0.4) is 0 Å². The van der Waals surface area contributed by atoms with Crippen molar-refractivity contribution in [3.05, 3.63) is 63.1 Å². The van der Waals surface area contributed by atoms with E-state index < -0.39 is 28.5 Å². The lowest BCUT2D eigenvalue weighted by Crippen LogP contribution is -2.53. The van der Waals surface area contributed by atoms with E-state index in [-0.39, 0.29) is 29.2 Å². The number of carbonyl (C=O) groups excluding carboxylic acids is 2. The fourth-order valence-electron chi connectivity index (χ4n) is 3.46. The van der Waals surface area contributed by atoms with E-state index in [9.17, 15) is 18.0 Å². The second-order valence-corrected chi connectivity index (χ2v) is 11.3. The van der Waals surface area contributed by atoms with Gasteiger partial charge in [-0.15, -0.1) is 0 Å². The maximum atomic E-state index is 13.7. The van der Waals surface area contributed by atoms with E-state index in [1.54, 1.807) is 37.3 Å². The zero-order chi connectivity index (χ0) is 26.3. The number of hydrogen-bond acceptors (Lipinski definition) is 4. The molecule has 2 atom stereocenters. The number of anilines is 1. The lowest BCUT2D eigenvalue weighted by atomic mass is 10.1. The Hall–Kier alpha value is -2.00. The Morgan fingerprint density at radius 1 is 0.943 bits per heavy atom. The molecule has 1 N–H and O–H groups in total. The van der Waals surface area contributed by atoms with E-state index in [0.717, 1.165) is 10.6 Å². The number of sulfonamides is 1. The number of nitrogens with one attached hydrogen (secondary N) is 1. The van der Waals surface area contributed by atoms with Gasteiger partial charge in [-0.1, -0.05) is 66.8 Å². The monoisotopic (exact) mass is 561 g/mol. The minimum Gasteiger partial charge on any atom is -0.352 e. The molecule has 2 amide bonds. The summed E-state index contributed by atoms with van der Waals surface area (Å²) in [6, 6.07) is 10.3. The quantitative estimate of drug-likeness (QED) is 0.411. The summed E-state index contributed by atoms with van der Waals surface area (Å²) in [6.45, 7) is 4.94. The summed E-state index contributed by atoms with van der Waals surface area (Å²) in [5.74, 6) is -0.945. The van der Waals surface area contributed by atoms with Crippen LogP contribution < -0.4 is 9.62 Å². The van der Waals surface area contributed by atoms with Crippen LogP contribution in [0.4, 0.5) is 5.69 Å². The van der Waals surface area contributed by atoms with Crippen LogP contribution in [0, 0.1) is 0 Å². The number of nitrogens with zero attached hydrogens (tertiary/aromatic N) is 2. The topological polar surface area (TPSA) is 86.8 Å². The number of rotatable bonds is 11. The van der Waals surface area contributed by atoms with Gasteiger partial charge in [0.25, 0.3) is 0 Å². The third-order valence-electron chi connectivity index (χ3n) is 5.58. The molecule has 0 spiro atoms. The molecular weight excluding hydrogens is 533 g/mol. The first-order valence-electron chi connectivity index (χ1n) is 11.2. The minimum absolute atomic E-state index is 0.0795. The van der Waals surface area contributed by atoms with Crippen molar-refractivity contribution in [1.82, 2.24) is 10.2 Å². The molecule has 0 saturated heterocycles. The average Bonchev–Trinajstić information content (AvgIpc) is 2.78. The molecule has 2 aromatic rings. The number of benzene rings is 2. The first-order valence-corrected chi connectivity index (χ1v) is 14.1. The SMILES string of the molecule is CC[C@H](C)NC(=O)[C@H](CC)N(Cc1c(Cl)cccc1Cl)C(=O)CN(c1ccccc1Cl)S(C)(=O)=O. The Bertz CT molecular complexity index is 1140. The third kappa shape index (κ3) is 7.74. The molecule has 192 valence electrons. The maximum absolute atomic E-state index is 13.7. The molecule has 35 heavy (non-hydrogen) atoms. The van der Waals surface area contributed by atoms with Gasteiger partial charge in [0.05, 0.1) is 17.0 Å². The highest BCUT2D eigenvalue weighted by Crippen LogP contribution is 2.29. The second kappa shape index (κ2) is 12.8. The summed E-state index contributed by atoms with van der Waals surface area (Å²) >= 11 is 19.0. The van der Waals surface area contributed by atoms with Crippen molar-refractivity contribution >= 4 is 62.3 Å². The van der Waals surface area contributed by atoms with Gasteiger partial charge in [0.1, 0.15) is 12.6 Å². The largest absolute Gasteiger partial charge is 0.352 e. The van der Waals surface area contributed by atoms with Crippen molar-refractivity contribution < 1.29 is 18.0 Å². The van der Waals surface area contributed by atoms with Crippen LogP contribution >= 0.6 is 34.8 Å². The first kappa shape index (κ1) is 29.2. The van der Waals surface area contributed by atoms with Crippen LogP contribution in [0.2, 0.25) is 15.1 Å². The molecular formula is C24H30Cl3N3O4S. The third-order valence-corrected chi connectivity index (χ3v) is 7.73. The summed E-state index contributed by atoms with van der Waals surface area (Å²) in [7, 11) is -3.89. The zero-order valence-corrected chi connectivity index (χ0v) is 23.2. The van der Waals surface area contributed by atoms with Gasteiger partial charge in [-0.2, -0.15) is 0 Å². The smallest absolute Gasteiger partial charge is 0.244 e. The van der Waals surface area contributed by atoms with Gasteiger partial charge in [0.15, 0.2) is 0 Å². The van der Waals surface area contributed by atoms with E-state index in [0.29, 0.717) is 28.5 Å². The van der Waals surface area contributed by atoms with E-state index in [1.807, 2.05) is 13.8 Å². The summed E-state index contributed by atoms with van der Waals surface area (Å²) in [4.78, 5) is 28.1. The van der Waals surface area contributed by atoms with Crippen LogP contribution in [-0.4, -0.2) is 50.0 Å². The number of amides is 2. The Labute approximate surface area is 222 Å². The van der Waals surface area contributed by atoms with E-state index in [4.69, 9.17) is 34.8 Å². The van der Waals surface area contributed by atoms with Crippen LogP contribution in [-0.2, 0) is 26.2 Å². The molecule has 2 aromatic carbocycles. The van der Waals surface area contributed by atoms with Crippen molar-refractivity contribution in [1.29, 1.82) is 0 Å². The molecule has 0 saturated carbocycles. The molecule has 0 aliphatic rings. The van der Waals surface area contributed by atoms with Gasteiger partial charge < -0.3 is 10.2 Å². The maximum Gasteiger partial charge on any atom is 0.244 e. The Balaban J connectivity index is 2.52. The predicted octanol–water partition coefficient (Wildman–Crippen LogP) is 5.13. The zero-order valence-electron chi connectivity index (χ0n) is 20.1. The molecule has 0 unspecified atom stereocenters. The summed E-state index contributed by atoms with van der Waals surface area (Å²) in [5, 5.41) is 3.74. The van der Waals surface area contributed by atoms with Gasteiger partial charge in [0.2, 0.25) is 21.8 Å². The fourth-order valence-corrected chi connectivity index (χ4v) is 5.13. The molecule has 0 heterocycles. The van der Waals surface area contributed by atoms with Crippen molar-refractivity contribution in [2.75, 3.05) is 17.1 Å². The first-order chi connectivity index (χ1) is 16.4. The Kier molecular flexibility index (Phi) is 10.7. The van der Waals surface area contributed by atoms with Crippen LogP contribution in [0.5, 0.6) is 0 Å². The second-order valence-electron chi connectivity index (χ2n) is 8.18. The summed E-state index contributed by atoms with van der Waals surface area (Å²) in [5.41, 5.74) is 0.625. The van der Waals surface area contributed by atoms with Crippen LogP contribution in [0.1, 0.15) is 39.2 Å². The highest BCUT2D eigenvalue weighted by atomic mass is 35.5. The molecule has 0 aliphatic carbocycles. The summed E-state index contributed by atoms with van der Waals surface area (Å²) in [6.07, 6.45) is 1.99. The van der Waals surface area contributed by atoms with Gasteiger partial charge in [-0.25, -0.2) is 8.42 Å². The van der Waals surface area contributed by atoms with Gasteiger partial charge >= 0.3 is 0 Å². The van der Waals surface area contributed by atoms with Crippen LogP contribution in [0.15, 0.2) is 42.5 Å². The van der Waals surface area contributed by atoms with Gasteiger partial charge in [0, 0.05) is 28.2 Å². The predicted molar refractivity (Wildman–Crippen MR) is 143 cm³/mol. The standard InChI is InChI=1S/C24H30Cl3N3O4S/c1-5-16(3)28-24(32)21(6-2)29(14-17-18(25)11-9-12-19(17)26)23(31)15-30(35(4,33)34)22-13-8-7-10-20(22)27/h7-13,16,21H,5-6,14-15H2,1-4H3,(H,28,32)/t16-,21-/m0/s1. The van der Waals surface area contributed by atoms with Gasteiger partial charge in [-0.05, 0) is 44.0 Å². The number of carbonyl (C=O) groups is 2. The number of halogens is 3. The van der Waals surface area contributed by atoms with E-state index in [2.05, 4.69) is 5.32 Å². The fraction of sp³-hybridized carbons (Fsp3) is 0.417. The molecule has 0 radical (unpaired) electrons. The van der Waals surface area contributed by atoms with Gasteiger partial charge in [-0.3, -0.25) is 13.9 Å². The lowest BCUT2D eigenvalue weighted by molar-refractivity contribution is -0.140. The van der Waals surface area contributed by atoms with Crippen LogP contribution in [0.25, 0.3) is 0 Å². The lowest BCUT2D eigenvalue weighted by Gasteiger charge is -2.34. The average molecular weight is 563 g/mol. The minimum atomic E-state index is -3.89. The molecule has 2 rings (SSSR count). The molecule has 7 nitrogen and oxygen atoms in total. The normalized spacial score (nSPS) is 13.1. The number of hydrogen-bond donors (Lipinski definition) is 1. The van der Waals surface area contributed by atoms with Crippen molar-refractivity contribution in [3.8, 4) is 0 Å². The highest BCUT2D eigenvalue weighted by molar-refractivity contribution is 7.92. The van der Waals surface area contributed by atoms with E-state index in [1.165, 1.54) is 17.0 Å². The Morgan fingerprint density at radius 3 is 2.03 bits per heavy atom. The molecule has 0 aliphatic heterocycles. The molecule has 0 aromatic heterocycles.